The number of nitriles is 1. The molecule has 30 heavy (non-hydrogen) atoms. The summed E-state index contributed by atoms with van der Waals surface area (Å²) in [5, 5.41) is 16.5. The number of hydrogen-bond acceptors (Lipinski definition) is 4. The van der Waals surface area contributed by atoms with Gasteiger partial charge in [0.05, 0.1) is 17.3 Å². The Bertz CT molecular complexity index is 1190. The first-order valence-corrected chi connectivity index (χ1v) is 10.1. The number of nitrogens with zero attached hydrogens (tertiary/aromatic N) is 3. The van der Waals surface area contributed by atoms with Crippen molar-refractivity contribution in [2.75, 3.05) is 5.32 Å². The molecule has 0 fully saturated rings. The molecule has 6 nitrogen and oxygen atoms in total. The Morgan fingerprint density at radius 1 is 1.10 bits per heavy atom. The molecule has 1 heterocycles. The van der Waals surface area contributed by atoms with Crippen molar-refractivity contribution in [3.8, 4) is 17.3 Å². The molecule has 0 aliphatic heterocycles. The van der Waals surface area contributed by atoms with Crippen LogP contribution in [0, 0.1) is 11.3 Å². The van der Waals surface area contributed by atoms with E-state index >= 15 is 0 Å². The van der Waals surface area contributed by atoms with Gasteiger partial charge >= 0.3 is 0 Å². The molecule has 1 aromatic heterocycles. The summed E-state index contributed by atoms with van der Waals surface area (Å²) in [7, 11) is 0. The third-order valence-electron chi connectivity index (χ3n) is 5.48. The lowest BCUT2D eigenvalue weighted by Crippen LogP contribution is -2.37. The van der Waals surface area contributed by atoms with Crippen LogP contribution < -0.4 is 10.9 Å². The zero-order valence-electron chi connectivity index (χ0n) is 16.8. The van der Waals surface area contributed by atoms with E-state index in [4.69, 9.17) is 5.26 Å². The van der Waals surface area contributed by atoms with Crippen molar-refractivity contribution in [3.63, 3.8) is 0 Å². The second-order valence-electron chi connectivity index (χ2n) is 7.49. The average molecular weight is 398 g/mol. The maximum absolute atomic E-state index is 13.2. The van der Waals surface area contributed by atoms with E-state index in [1.54, 1.807) is 31.2 Å². The number of hydrogen-bond donors (Lipinski definition) is 1. The minimum Gasteiger partial charge on any atom is -0.324 e. The summed E-state index contributed by atoms with van der Waals surface area (Å²) in [6, 6.07) is 17.7. The third-order valence-corrected chi connectivity index (χ3v) is 5.48. The number of rotatable bonds is 4. The molecule has 1 aliphatic carbocycles. The van der Waals surface area contributed by atoms with Crippen molar-refractivity contribution in [2.45, 2.75) is 38.6 Å². The van der Waals surface area contributed by atoms with E-state index in [2.05, 4.69) is 16.5 Å². The molecule has 1 atom stereocenters. The van der Waals surface area contributed by atoms with Gasteiger partial charge in [-0.3, -0.25) is 9.59 Å². The molecular weight excluding hydrogens is 376 g/mol. The second kappa shape index (κ2) is 8.34. The number of carbonyl (C=O) groups is 1. The summed E-state index contributed by atoms with van der Waals surface area (Å²) in [6.07, 6.45) is 3.52. The normalized spacial score (nSPS) is 13.7. The van der Waals surface area contributed by atoms with Gasteiger partial charge in [0.15, 0.2) is 0 Å². The quantitative estimate of drug-likeness (QED) is 0.723. The average Bonchev–Trinajstić information content (AvgIpc) is 2.80. The smallest absolute Gasteiger partial charge is 0.271 e. The van der Waals surface area contributed by atoms with Crippen LogP contribution in [0.15, 0.2) is 59.4 Å². The highest BCUT2D eigenvalue weighted by Gasteiger charge is 2.25. The maximum Gasteiger partial charge on any atom is 0.271 e. The predicted octanol–water partition coefficient (Wildman–Crippen LogP) is 3.86. The van der Waals surface area contributed by atoms with Gasteiger partial charge in [0.2, 0.25) is 5.91 Å². The topological polar surface area (TPSA) is 87.8 Å². The van der Waals surface area contributed by atoms with Gasteiger partial charge in [-0.05, 0) is 56.4 Å². The Balaban J connectivity index is 1.73. The lowest BCUT2D eigenvalue weighted by atomic mass is 9.89. The Kier molecular flexibility index (Phi) is 5.44. The highest BCUT2D eigenvalue weighted by atomic mass is 16.2. The molecule has 1 N–H and O–H groups in total. The molecule has 3 aromatic rings. The lowest BCUT2D eigenvalue weighted by Gasteiger charge is -2.22. The molecule has 1 amide bonds. The molecule has 0 radical (unpaired) electrons. The number of fused-ring (bicyclic) bond motifs is 1. The molecule has 2 aromatic carbocycles. The standard InChI is InChI=1S/C24H22N4O2/c1-16(23(29)26-19-11-7-8-17(14-19)15-25)28-24(30)21-13-6-5-12-20(21)22(27-28)18-9-3-2-4-10-18/h2-4,7-11,14,16H,5-6,12-13H2,1H3,(H,26,29)/t16-/m1/s1. The molecule has 0 saturated heterocycles. The minimum atomic E-state index is -0.794. The van der Waals surface area contributed by atoms with Gasteiger partial charge in [-0.2, -0.15) is 10.4 Å². The summed E-state index contributed by atoms with van der Waals surface area (Å²) in [4.78, 5) is 26.1. The number of nitrogens with one attached hydrogen (secondary N) is 1. The third kappa shape index (κ3) is 3.74. The maximum atomic E-state index is 13.2. The number of aromatic nitrogens is 2. The predicted molar refractivity (Wildman–Crippen MR) is 115 cm³/mol. The molecule has 0 saturated carbocycles. The first-order valence-electron chi connectivity index (χ1n) is 10.1. The summed E-state index contributed by atoms with van der Waals surface area (Å²) in [5.74, 6) is -0.352. The fraction of sp³-hybridized carbons (Fsp3) is 0.250. The van der Waals surface area contributed by atoms with Crippen LogP contribution in [0.1, 0.15) is 42.5 Å². The molecule has 6 heteroatoms. The first-order chi connectivity index (χ1) is 14.6. The van der Waals surface area contributed by atoms with E-state index in [0.717, 1.165) is 41.6 Å². The van der Waals surface area contributed by atoms with Crippen molar-refractivity contribution >= 4 is 11.6 Å². The van der Waals surface area contributed by atoms with Gasteiger partial charge in [-0.15, -0.1) is 0 Å². The van der Waals surface area contributed by atoms with E-state index in [1.807, 2.05) is 30.3 Å². The monoisotopic (exact) mass is 398 g/mol. The van der Waals surface area contributed by atoms with Gasteiger partial charge in [-0.25, -0.2) is 4.68 Å². The fourth-order valence-corrected chi connectivity index (χ4v) is 3.87. The largest absolute Gasteiger partial charge is 0.324 e. The van der Waals surface area contributed by atoms with Crippen LogP contribution in [0.2, 0.25) is 0 Å². The van der Waals surface area contributed by atoms with Crippen LogP contribution >= 0.6 is 0 Å². The molecular formula is C24H22N4O2. The van der Waals surface area contributed by atoms with Gasteiger partial charge in [-0.1, -0.05) is 36.4 Å². The zero-order valence-corrected chi connectivity index (χ0v) is 16.8. The van der Waals surface area contributed by atoms with Crippen molar-refractivity contribution in [1.82, 2.24) is 9.78 Å². The lowest BCUT2D eigenvalue weighted by molar-refractivity contribution is -0.119. The van der Waals surface area contributed by atoms with Crippen molar-refractivity contribution < 1.29 is 4.79 Å². The molecule has 4 rings (SSSR count). The second-order valence-corrected chi connectivity index (χ2v) is 7.49. The van der Waals surface area contributed by atoms with Crippen LogP contribution in [0.25, 0.3) is 11.3 Å². The Labute approximate surface area is 174 Å². The van der Waals surface area contributed by atoms with Crippen LogP contribution in [0.5, 0.6) is 0 Å². The van der Waals surface area contributed by atoms with Gasteiger partial charge in [0, 0.05) is 16.8 Å². The van der Waals surface area contributed by atoms with Gasteiger partial charge in [0.25, 0.3) is 5.56 Å². The first kappa shape index (κ1) is 19.6. The van der Waals surface area contributed by atoms with Gasteiger partial charge < -0.3 is 5.32 Å². The van der Waals surface area contributed by atoms with E-state index < -0.39 is 6.04 Å². The Morgan fingerprint density at radius 3 is 2.57 bits per heavy atom. The number of benzene rings is 2. The molecule has 150 valence electrons. The van der Waals surface area contributed by atoms with E-state index in [-0.39, 0.29) is 11.5 Å². The number of carbonyl (C=O) groups excluding carboxylic acids is 1. The SMILES string of the molecule is C[C@H](C(=O)Nc1cccc(C#N)c1)n1nc(-c2ccccc2)c2c(c1=O)CCCC2. The zero-order chi connectivity index (χ0) is 21.1. The number of anilines is 1. The van der Waals surface area contributed by atoms with Crippen LogP contribution in [0.4, 0.5) is 5.69 Å². The van der Waals surface area contributed by atoms with E-state index in [1.165, 1.54) is 4.68 Å². The summed E-state index contributed by atoms with van der Waals surface area (Å²) in [6.45, 7) is 1.67. The molecule has 0 unspecified atom stereocenters. The molecule has 0 bridgehead atoms. The minimum absolute atomic E-state index is 0.196. The van der Waals surface area contributed by atoms with Crippen LogP contribution in [-0.2, 0) is 17.6 Å². The highest BCUT2D eigenvalue weighted by molar-refractivity contribution is 5.93. The summed E-state index contributed by atoms with van der Waals surface area (Å²) < 4.78 is 1.30. The number of amides is 1. The summed E-state index contributed by atoms with van der Waals surface area (Å²) in [5.41, 5.74) is 4.26. The van der Waals surface area contributed by atoms with Crippen LogP contribution in [-0.4, -0.2) is 15.7 Å². The van der Waals surface area contributed by atoms with E-state index in [9.17, 15) is 9.59 Å². The van der Waals surface area contributed by atoms with Crippen LogP contribution in [0.3, 0.4) is 0 Å². The fourth-order valence-electron chi connectivity index (χ4n) is 3.87. The summed E-state index contributed by atoms with van der Waals surface area (Å²) >= 11 is 0. The Hall–Kier alpha value is -3.72. The van der Waals surface area contributed by atoms with E-state index in [0.29, 0.717) is 17.7 Å². The highest BCUT2D eigenvalue weighted by Crippen LogP contribution is 2.28. The molecule has 1 aliphatic rings. The van der Waals surface area contributed by atoms with Crippen molar-refractivity contribution in [1.29, 1.82) is 5.26 Å². The van der Waals surface area contributed by atoms with Crippen molar-refractivity contribution in [2.24, 2.45) is 0 Å². The van der Waals surface area contributed by atoms with Crippen molar-refractivity contribution in [3.05, 3.63) is 81.6 Å². The molecule has 0 spiro atoms. The Morgan fingerprint density at radius 2 is 1.83 bits per heavy atom. The van der Waals surface area contributed by atoms with Gasteiger partial charge in [0.1, 0.15) is 6.04 Å².